The maximum atomic E-state index is 12.6. The van der Waals surface area contributed by atoms with Gasteiger partial charge in [0, 0.05) is 24.1 Å². The summed E-state index contributed by atoms with van der Waals surface area (Å²) in [6, 6.07) is 6.09. The second kappa shape index (κ2) is 5.73. The number of piperidine rings is 1. The quantitative estimate of drug-likeness (QED) is 0.710. The number of alkyl halides is 4. The van der Waals surface area contributed by atoms with Gasteiger partial charge in [-0.25, -0.2) is 0 Å². The molecule has 1 heterocycles. The first-order valence-electron chi connectivity index (χ1n) is 6.39. The molecule has 1 aliphatic rings. The van der Waals surface area contributed by atoms with Crippen LogP contribution in [0.15, 0.2) is 18.2 Å². The molecule has 0 radical (unpaired) electrons. The van der Waals surface area contributed by atoms with Crippen molar-refractivity contribution in [2.45, 2.75) is 31.3 Å². The fraction of sp³-hybridized carbons (Fsp3) is 0.571. The van der Waals surface area contributed by atoms with E-state index in [9.17, 15) is 13.2 Å². The molecule has 0 saturated carbocycles. The van der Waals surface area contributed by atoms with E-state index in [1.165, 1.54) is 11.1 Å². The zero-order valence-corrected chi connectivity index (χ0v) is 12.4. The first kappa shape index (κ1) is 14.7. The lowest BCUT2D eigenvalue weighted by molar-refractivity contribution is -0.179. The van der Waals surface area contributed by atoms with Crippen LogP contribution < -0.4 is 4.90 Å². The van der Waals surface area contributed by atoms with Gasteiger partial charge in [-0.15, -0.1) is 0 Å². The van der Waals surface area contributed by atoms with Gasteiger partial charge >= 0.3 is 6.18 Å². The Labute approximate surface area is 119 Å². The third-order valence-electron chi connectivity index (χ3n) is 3.79. The standard InChI is InChI=1S/C14H17BrF3N/c1-10-8-13(3-2-11(10)9-15)19-6-4-12(5-7-19)14(16,17)18/h2-3,8,12H,4-7,9H2,1H3. The molecule has 0 unspecified atom stereocenters. The van der Waals surface area contributed by atoms with Crippen molar-refractivity contribution < 1.29 is 13.2 Å². The first-order valence-corrected chi connectivity index (χ1v) is 7.51. The Balaban J connectivity index is 2.04. The number of halogens is 4. The highest BCUT2D eigenvalue weighted by atomic mass is 79.9. The van der Waals surface area contributed by atoms with Crippen molar-refractivity contribution in [2.24, 2.45) is 5.92 Å². The highest BCUT2D eigenvalue weighted by Gasteiger charge is 2.41. The molecule has 1 nitrogen and oxygen atoms in total. The molecule has 2 rings (SSSR count). The SMILES string of the molecule is Cc1cc(N2CCC(C(F)(F)F)CC2)ccc1CBr. The monoisotopic (exact) mass is 335 g/mol. The minimum atomic E-state index is -4.04. The summed E-state index contributed by atoms with van der Waals surface area (Å²) in [5.74, 6) is -1.13. The third kappa shape index (κ3) is 3.44. The van der Waals surface area contributed by atoms with Crippen LogP contribution in [0.2, 0.25) is 0 Å². The predicted octanol–water partition coefficient (Wildman–Crippen LogP) is 4.67. The highest BCUT2D eigenvalue weighted by Crippen LogP contribution is 2.35. The normalized spacial score (nSPS) is 17.8. The molecule has 19 heavy (non-hydrogen) atoms. The largest absolute Gasteiger partial charge is 0.391 e. The molecule has 0 spiro atoms. The van der Waals surface area contributed by atoms with Gasteiger partial charge in [0.05, 0.1) is 5.92 Å². The number of anilines is 1. The van der Waals surface area contributed by atoms with Gasteiger partial charge in [0.15, 0.2) is 0 Å². The summed E-state index contributed by atoms with van der Waals surface area (Å²) < 4.78 is 37.8. The molecule has 0 N–H and O–H groups in total. The van der Waals surface area contributed by atoms with Gasteiger partial charge in [0.1, 0.15) is 0 Å². The van der Waals surface area contributed by atoms with Crippen molar-refractivity contribution in [2.75, 3.05) is 18.0 Å². The van der Waals surface area contributed by atoms with Crippen LogP contribution in [0.4, 0.5) is 18.9 Å². The Morgan fingerprint density at radius 3 is 2.37 bits per heavy atom. The Morgan fingerprint density at radius 1 is 1.26 bits per heavy atom. The number of aryl methyl sites for hydroxylation is 1. The van der Waals surface area contributed by atoms with Gasteiger partial charge in [-0.1, -0.05) is 22.0 Å². The summed E-state index contributed by atoms with van der Waals surface area (Å²) in [4.78, 5) is 2.05. The number of hydrogen-bond donors (Lipinski definition) is 0. The van der Waals surface area contributed by atoms with Gasteiger partial charge in [-0.3, -0.25) is 0 Å². The van der Waals surface area contributed by atoms with Crippen molar-refractivity contribution in [3.05, 3.63) is 29.3 Å². The molecule has 0 aliphatic carbocycles. The molecule has 1 aliphatic heterocycles. The lowest BCUT2D eigenvalue weighted by Crippen LogP contribution is -2.39. The van der Waals surface area contributed by atoms with Crippen molar-refractivity contribution in [1.29, 1.82) is 0 Å². The van der Waals surface area contributed by atoms with E-state index >= 15 is 0 Å². The lowest BCUT2D eigenvalue weighted by Gasteiger charge is -2.34. The molecule has 1 aromatic rings. The molecule has 0 amide bonds. The van der Waals surface area contributed by atoms with Gasteiger partial charge in [-0.05, 0) is 43.0 Å². The summed E-state index contributed by atoms with van der Waals surface area (Å²) in [7, 11) is 0. The molecule has 1 saturated heterocycles. The Bertz CT molecular complexity index is 437. The highest BCUT2D eigenvalue weighted by molar-refractivity contribution is 9.08. The second-order valence-electron chi connectivity index (χ2n) is 5.05. The molecular formula is C14H17BrF3N. The van der Waals surface area contributed by atoms with Crippen LogP contribution in [0, 0.1) is 12.8 Å². The summed E-state index contributed by atoms with van der Waals surface area (Å²) in [5, 5.41) is 0.801. The number of benzene rings is 1. The van der Waals surface area contributed by atoms with Gasteiger partial charge in [0.25, 0.3) is 0 Å². The molecule has 1 aromatic carbocycles. The van der Waals surface area contributed by atoms with Crippen molar-refractivity contribution >= 4 is 21.6 Å². The molecule has 5 heteroatoms. The average molecular weight is 336 g/mol. The summed E-state index contributed by atoms with van der Waals surface area (Å²) in [5.41, 5.74) is 3.42. The van der Waals surface area contributed by atoms with Gasteiger partial charge in [0.2, 0.25) is 0 Å². The van der Waals surface area contributed by atoms with E-state index in [4.69, 9.17) is 0 Å². The summed E-state index contributed by atoms with van der Waals surface area (Å²) in [6.45, 7) is 3.00. The molecule has 0 aromatic heterocycles. The molecule has 1 fully saturated rings. The average Bonchev–Trinajstić information content (AvgIpc) is 2.38. The first-order chi connectivity index (χ1) is 8.91. The van der Waals surface area contributed by atoms with E-state index in [1.54, 1.807) is 0 Å². The summed E-state index contributed by atoms with van der Waals surface area (Å²) in [6.07, 6.45) is -3.65. The zero-order valence-electron chi connectivity index (χ0n) is 10.8. The maximum Gasteiger partial charge on any atom is 0.391 e. The van der Waals surface area contributed by atoms with E-state index in [-0.39, 0.29) is 12.8 Å². The van der Waals surface area contributed by atoms with E-state index in [2.05, 4.69) is 22.0 Å². The Hall–Kier alpha value is -0.710. The molecule has 106 valence electrons. The number of hydrogen-bond acceptors (Lipinski definition) is 1. The fourth-order valence-electron chi connectivity index (χ4n) is 2.49. The van der Waals surface area contributed by atoms with Gasteiger partial charge in [-0.2, -0.15) is 13.2 Å². The topological polar surface area (TPSA) is 3.24 Å². The minimum absolute atomic E-state index is 0.197. The smallest absolute Gasteiger partial charge is 0.371 e. The van der Waals surface area contributed by atoms with E-state index < -0.39 is 12.1 Å². The molecular weight excluding hydrogens is 319 g/mol. The number of nitrogens with zero attached hydrogens (tertiary/aromatic N) is 1. The van der Waals surface area contributed by atoms with Gasteiger partial charge < -0.3 is 4.90 Å². The molecule has 0 bridgehead atoms. The zero-order chi connectivity index (χ0) is 14.0. The van der Waals surface area contributed by atoms with Crippen LogP contribution in [0.25, 0.3) is 0 Å². The second-order valence-corrected chi connectivity index (χ2v) is 5.61. The maximum absolute atomic E-state index is 12.6. The lowest BCUT2D eigenvalue weighted by atomic mass is 9.95. The predicted molar refractivity (Wildman–Crippen MR) is 74.8 cm³/mol. The fourth-order valence-corrected chi connectivity index (χ4v) is 3.12. The van der Waals surface area contributed by atoms with Crippen molar-refractivity contribution in [3.63, 3.8) is 0 Å². The van der Waals surface area contributed by atoms with Crippen LogP contribution >= 0.6 is 15.9 Å². The van der Waals surface area contributed by atoms with Crippen LogP contribution in [0.5, 0.6) is 0 Å². The Morgan fingerprint density at radius 2 is 1.89 bits per heavy atom. The summed E-state index contributed by atoms with van der Waals surface area (Å²) >= 11 is 3.42. The van der Waals surface area contributed by atoms with E-state index in [1.807, 2.05) is 24.0 Å². The third-order valence-corrected chi connectivity index (χ3v) is 4.40. The van der Waals surface area contributed by atoms with Crippen LogP contribution in [-0.4, -0.2) is 19.3 Å². The van der Waals surface area contributed by atoms with E-state index in [0.29, 0.717) is 13.1 Å². The van der Waals surface area contributed by atoms with Crippen LogP contribution in [0.3, 0.4) is 0 Å². The minimum Gasteiger partial charge on any atom is -0.371 e. The van der Waals surface area contributed by atoms with E-state index in [0.717, 1.165) is 11.0 Å². The van der Waals surface area contributed by atoms with Crippen molar-refractivity contribution in [3.8, 4) is 0 Å². The molecule has 0 atom stereocenters. The van der Waals surface area contributed by atoms with Crippen molar-refractivity contribution in [1.82, 2.24) is 0 Å². The van der Waals surface area contributed by atoms with Crippen LogP contribution in [-0.2, 0) is 5.33 Å². The Kier molecular flexibility index (Phi) is 4.43. The number of rotatable bonds is 2. The van der Waals surface area contributed by atoms with Crippen LogP contribution in [0.1, 0.15) is 24.0 Å².